The molecular formula is C23H19N3O4S. The smallest absolute Gasteiger partial charge is 0.409 e. The number of hydrogen-bond donors (Lipinski definition) is 1. The first-order chi connectivity index (χ1) is 15.1. The molecule has 2 aromatic carbocycles. The zero-order chi connectivity index (χ0) is 21.8. The minimum absolute atomic E-state index is 0.335. The second-order valence-electron chi connectivity index (χ2n) is 6.86. The van der Waals surface area contributed by atoms with E-state index >= 15 is 0 Å². The molecule has 0 saturated carbocycles. The van der Waals surface area contributed by atoms with Gasteiger partial charge in [-0.3, -0.25) is 4.79 Å². The van der Waals surface area contributed by atoms with E-state index in [1.165, 1.54) is 18.4 Å². The normalized spacial score (nSPS) is 12.5. The molecule has 0 bridgehead atoms. The number of anilines is 1. The van der Waals surface area contributed by atoms with E-state index in [2.05, 4.69) is 11.4 Å². The lowest BCUT2D eigenvalue weighted by Gasteiger charge is -2.25. The number of nitriles is 1. The SMILES string of the molecule is COC(=O)N1CCc2c(sc(NC(=O)c3cccc(Oc4ccccc4)c3)c2C#N)C1. The Morgan fingerprint density at radius 3 is 2.65 bits per heavy atom. The number of carbonyl (C=O) groups excluding carboxylic acids is 2. The van der Waals surface area contributed by atoms with Crippen molar-refractivity contribution in [1.82, 2.24) is 4.90 Å². The van der Waals surface area contributed by atoms with Crippen LogP contribution in [0, 0.1) is 11.3 Å². The number of fused-ring (bicyclic) bond motifs is 1. The van der Waals surface area contributed by atoms with Crippen LogP contribution in [0.4, 0.5) is 9.80 Å². The van der Waals surface area contributed by atoms with E-state index in [4.69, 9.17) is 9.47 Å². The lowest BCUT2D eigenvalue weighted by atomic mass is 10.0. The van der Waals surface area contributed by atoms with Crippen LogP contribution < -0.4 is 10.1 Å². The summed E-state index contributed by atoms with van der Waals surface area (Å²) in [4.78, 5) is 27.1. The van der Waals surface area contributed by atoms with E-state index in [0.717, 1.165) is 10.4 Å². The van der Waals surface area contributed by atoms with Crippen LogP contribution in [0.3, 0.4) is 0 Å². The number of methoxy groups -OCH3 is 1. The van der Waals surface area contributed by atoms with Gasteiger partial charge in [-0.25, -0.2) is 4.79 Å². The van der Waals surface area contributed by atoms with Crippen molar-refractivity contribution in [3.05, 3.63) is 76.2 Å². The third-order valence-corrected chi connectivity index (χ3v) is 6.04. The van der Waals surface area contributed by atoms with Crippen LogP contribution in [0.5, 0.6) is 11.5 Å². The molecule has 31 heavy (non-hydrogen) atoms. The van der Waals surface area contributed by atoms with Crippen LogP contribution in [0.2, 0.25) is 0 Å². The maximum Gasteiger partial charge on any atom is 0.409 e. The number of nitrogens with zero attached hydrogens (tertiary/aromatic N) is 2. The summed E-state index contributed by atoms with van der Waals surface area (Å²) in [5.74, 6) is 0.880. The molecule has 0 unspecified atom stereocenters. The Bertz CT molecular complexity index is 1170. The molecule has 156 valence electrons. The highest BCUT2D eigenvalue weighted by molar-refractivity contribution is 7.16. The fourth-order valence-electron chi connectivity index (χ4n) is 3.40. The number of carbonyl (C=O) groups is 2. The first-order valence-electron chi connectivity index (χ1n) is 9.61. The molecule has 0 spiro atoms. The quantitative estimate of drug-likeness (QED) is 0.639. The molecule has 0 saturated heterocycles. The standard InChI is InChI=1S/C23H19N3O4S/c1-29-23(28)26-11-10-18-19(13-24)22(31-20(18)14-26)25-21(27)15-6-5-9-17(12-15)30-16-7-3-2-4-8-16/h2-9,12H,10-11,14H2,1H3,(H,25,27). The number of amides is 2. The van der Waals surface area contributed by atoms with Gasteiger partial charge in [0.1, 0.15) is 22.6 Å². The molecular weight excluding hydrogens is 414 g/mol. The monoisotopic (exact) mass is 433 g/mol. The summed E-state index contributed by atoms with van der Waals surface area (Å²) in [5, 5.41) is 13.0. The predicted octanol–water partition coefficient (Wildman–Crippen LogP) is 4.79. The van der Waals surface area contributed by atoms with Gasteiger partial charge >= 0.3 is 6.09 Å². The molecule has 2 heterocycles. The van der Waals surface area contributed by atoms with Gasteiger partial charge in [0.05, 0.1) is 19.2 Å². The first-order valence-corrected chi connectivity index (χ1v) is 10.4. The van der Waals surface area contributed by atoms with Gasteiger partial charge in [-0.15, -0.1) is 11.3 Å². The molecule has 1 aromatic heterocycles. The van der Waals surface area contributed by atoms with Crippen LogP contribution in [-0.4, -0.2) is 30.6 Å². The van der Waals surface area contributed by atoms with Gasteiger partial charge in [0.15, 0.2) is 0 Å². The Balaban J connectivity index is 1.53. The summed E-state index contributed by atoms with van der Waals surface area (Å²) in [6.45, 7) is 0.828. The summed E-state index contributed by atoms with van der Waals surface area (Å²) < 4.78 is 10.6. The molecule has 0 atom stereocenters. The van der Waals surface area contributed by atoms with Gasteiger partial charge in [-0.2, -0.15) is 5.26 Å². The number of ether oxygens (including phenoxy) is 2. The van der Waals surface area contributed by atoms with Crippen molar-refractivity contribution in [2.75, 3.05) is 19.0 Å². The summed E-state index contributed by atoms with van der Waals surface area (Å²) in [5.41, 5.74) is 1.75. The predicted molar refractivity (Wildman–Crippen MR) is 116 cm³/mol. The molecule has 4 rings (SSSR count). The number of thiophene rings is 1. The van der Waals surface area contributed by atoms with Crippen molar-refractivity contribution in [3.8, 4) is 17.6 Å². The molecule has 1 N–H and O–H groups in total. The number of nitrogens with one attached hydrogen (secondary N) is 1. The van der Waals surface area contributed by atoms with E-state index in [-0.39, 0.29) is 5.91 Å². The van der Waals surface area contributed by atoms with E-state index < -0.39 is 6.09 Å². The number of para-hydroxylation sites is 1. The van der Waals surface area contributed by atoms with E-state index in [0.29, 0.717) is 47.1 Å². The fourth-order valence-corrected chi connectivity index (χ4v) is 4.60. The summed E-state index contributed by atoms with van der Waals surface area (Å²) in [6, 6.07) is 18.4. The molecule has 1 aliphatic rings. The first kappa shape index (κ1) is 20.4. The zero-order valence-corrected chi connectivity index (χ0v) is 17.6. The second kappa shape index (κ2) is 8.90. The van der Waals surface area contributed by atoms with Gasteiger partial charge in [-0.1, -0.05) is 24.3 Å². The minimum atomic E-state index is -0.404. The number of hydrogen-bond acceptors (Lipinski definition) is 6. The van der Waals surface area contributed by atoms with Gasteiger partial charge in [0.2, 0.25) is 0 Å². The summed E-state index contributed by atoms with van der Waals surface area (Å²) in [7, 11) is 1.34. The molecule has 0 fully saturated rings. The van der Waals surface area contributed by atoms with Crippen LogP contribution in [-0.2, 0) is 17.7 Å². The van der Waals surface area contributed by atoms with Gasteiger partial charge in [0.25, 0.3) is 5.91 Å². The highest BCUT2D eigenvalue weighted by atomic mass is 32.1. The van der Waals surface area contributed by atoms with Crippen molar-refractivity contribution in [2.24, 2.45) is 0 Å². The molecule has 7 nitrogen and oxygen atoms in total. The largest absolute Gasteiger partial charge is 0.457 e. The van der Waals surface area contributed by atoms with Crippen LogP contribution in [0.1, 0.15) is 26.4 Å². The third-order valence-electron chi connectivity index (χ3n) is 4.90. The topological polar surface area (TPSA) is 91.7 Å². The highest BCUT2D eigenvalue weighted by Crippen LogP contribution is 2.37. The summed E-state index contributed by atoms with van der Waals surface area (Å²) >= 11 is 1.31. The molecule has 3 aromatic rings. The van der Waals surface area contributed by atoms with Crippen LogP contribution >= 0.6 is 11.3 Å². The fraction of sp³-hybridized carbons (Fsp3) is 0.174. The van der Waals surface area contributed by atoms with E-state index in [1.807, 2.05) is 30.3 Å². The second-order valence-corrected chi connectivity index (χ2v) is 7.96. The third kappa shape index (κ3) is 4.37. The maximum absolute atomic E-state index is 12.9. The highest BCUT2D eigenvalue weighted by Gasteiger charge is 2.28. The van der Waals surface area contributed by atoms with E-state index in [1.54, 1.807) is 29.2 Å². The Labute approximate surface area is 183 Å². The Morgan fingerprint density at radius 2 is 1.90 bits per heavy atom. The Hall–Kier alpha value is -3.83. The minimum Gasteiger partial charge on any atom is -0.457 e. The van der Waals surface area contributed by atoms with Gasteiger partial charge < -0.3 is 19.7 Å². The molecule has 0 aliphatic carbocycles. The zero-order valence-electron chi connectivity index (χ0n) is 16.8. The average Bonchev–Trinajstić information content (AvgIpc) is 3.15. The van der Waals surface area contributed by atoms with Crippen molar-refractivity contribution in [2.45, 2.75) is 13.0 Å². The Morgan fingerprint density at radius 1 is 1.13 bits per heavy atom. The Kier molecular flexibility index (Phi) is 5.87. The number of rotatable bonds is 4. The van der Waals surface area contributed by atoms with Crippen molar-refractivity contribution in [1.29, 1.82) is 5.26 Å². The lowest BCUT2D eigenvalue weighted by Crippen LogP contribution is -2.35. The van der Waals surface area contributed by atoms with Crippen molar-refractivity contribution < 1.29 is 19.1 Å². The number of benzene rings is 2. The summed E-state index contributed by atoms with van der Waals surface area (Å²) in [6.07, 6.45) is 0.137. The van der Waals surface area contributed by atoms with Gasteiger partial charge in [-0.05, 0) is 42.3 Å². The van der Waals surface area contributed by atoms with Crippen molar-refractivity contribution >= 4 is 28.3 Å². The molecule has 8 heteroatoms. The maximum atomic E-state index is 12.9. The van der Waals surface area contributed by atoms with E-state index in [9.17, 15) is 14.9 Å². The molecule has 2 amide bonds. The van der Waals surface area contributed by atoms with Crippen molar-refractivity contribution in [3.63, 3.8) is 0 Å². The average molecular weight is 433 g/mol. The molecule has 0 radical (unpaired) electrons. The van der Waals surface area contributed by atoms with Crippen LogP contribution in [0.15, 0.2) is 54.6 Å². The van der Waals surface area contributed by atoms with Crippen LogP contribution in [0.25, 0.3) is 0 Å². The lowest BCUT2D eigenvalue weighted by molar-refractivity contribution is 0.102. The van der Waals surface area contributed by atoms with Gasteiger partial charge in [0, 0.05) is 17.0 Å². The molecule has 1 aliphatic heterocycles.